The second kappa shape index (κ2) is 8.97. The molecule has 0 aromatic heterocycles. The van der Waals surface area contributed by atoms with E-state index in [-0.39, 0.29) is 36.1 Å². The Balaban J connectivity index is 1.80. The van der Waals surface area contributed by atoms with Crippen molar-refractivity contribution in [2.24, 2.45) is 11.3 Å². The Hall–Kier alpha value is -2.05. The lowest BCUT2D eigenvalue weighted by Gasteiger charge is -2.38. The minimum absolute atomic E-state index is 0.0425. The summed E-state index contributed by atoms with van der Waals surface area (Å²) in [6.45, 7) is 9.25. The van der Waals surface area contributed by atoms with Crippen LogP contribution in [-0.2, 0) is 9.59 Å². The number of halogens is 3. The number of benzene rings is 1. The topological polar surface area (TPSA) is 46.6 Å². The molecule has 0 bridgehead atoms. The lowest BCUT2D eigenvalue weighted by molar-refractivity contribution is -0.135. The van der Waals surface area contributed by atoms with Gasteiger partial charge in [-0.1, -0.05) is 20.8 Å². The molecule has 4 nitrogen and oxygen atoms in total. The average Bonchev–Trinajstić information content (AvgIpc) is 2.63. The molecule has 1 aromatic carbocycles. The van der Waals surface area contributed by atoms with Crippen LogP contribution in [0.1, 0.15) is 58.4 Å². The smallest absolute Gasteiger partial charge is 0.311 e. The van der Waals surface area contributed by atoms with E-state index in [0.717, 1.165) is 12.8 Å². The van der Waals surface area contributed by atoms with Gasteiger partial charge in [0.2, 0.25) is 17.5 Å². The van der Waals surface area contributed by atoms with Gasteiger partial charge >= 0.3 is 5.97 Å². The molecule has 0 unspecified atom stereocenters. The first kappa shape index (κ1) is 22.2. The van der Waals surface area contributed by atoms with E-state index in [1.807, 2.05) is 0 Å². The number of aryl methyl sites for hydroxylation is 1. The number of nitrogens with zero attached hydrogens (tertiary/aromatic N) is 1. The van der Waals surface area contributed by atoms with Crippen molar-refractivity contribution in [3.8, 4) is 5.75 Å². The highest BCUT2D eigenvalue weighted by molar-refractivity contribution is 5.77. The maximum atomic E-state index is 13.9. The normalized spacial score (nSPS) is 15.6. The molecule has 1 aromatic rings. The number of esters is 1. The lowest BCUT2D eigenvalue weighted by atomic mass is 9.75. The molecule has 1 amide bonds. The zero-order chi connectivity index (χ0) is 21.1. The highest BCUT2D eigenvalue weighted by atomic mass is 19.2. The third kappa shape index (κ3) is 5.49. The predicted molar refractivity (Wildman–Crippen MR) is 99.3 cm³/mol. The zero-order valence-corrected chi connectivity index (χ0v) is 16.9. The Morgan fingerprint density at radius 3 is 2.29 bits per heavy atom. The minimum atomic E-state index is -1.53. The first-order chi connectivity index (χ1) is 13.0. The summed E-state index contributed by atoms with van der Waals surface area (Å²) in [4.78, 5) is 25.9. The zero-order valence-electron chi connectivity index (χ0n) is 16.9. The fourth-order valence-corrected chi connectivity index (χ4v) is 3.49. The maximum absolute atomic E-state index is 13.9. The van der Waals surface area contributed by atoms with Crippen LogP contribution in [0.5, 0.6) is 5.75 Å². The summed E-state index contributed by atoms with van der Waals surface area (Å²) < 4.78 is 45.5. The van der Waals surface area contributed by atoms with E-state index < -0.39 is 29.2 Å². The van der Waals surface area contributed by atoms with Gasteiger partial charge in [0.05, 0.1) is 0 Å². The van der Waals surface area contributed by atoms with Gasteiger partial charge in [0.25, 0.3) is 0 Å². The fourth-order valence-electron chi connectivity index (χ4n) is 3.49. The molecule has 0 aliphatic carbocycles. The largest absolute Gasteiger partial charge is 0.420 e. The van der Waals surface area contributed by atoms with Crippen LogP contribution in [-0.4, -0.2) is 29.9 Å². The highest BCUT2D eigenvalue weighted by Crippen LogP contribution is 2.34. The number of carbonyl (C=O) groups is 2. The Bertz CT molecular complexity index is 709. The second-order valence-electron chi connectivity index (χ2n) is 8.48. The van der Waals surface area contributed by atoms with Crippen LogP contribution in [0.4, 0.5) is 13.2 Å². The van der Waals surface area contributed by atoms with E-state index in [4.69, 9.17) is 0 Å². The molecular weight excluding hydrogens is 371 g/mol. The average molecular weight is 399 g/mol. The maximum Gasteiger partial charge on any atom is 0.311 e. The SMILES string of the molecule is Cc1cc(F)c(F)c(OC(=O)CCCC(=O)N2CCC(C(C)(C)C)CC2)c1F. The number of piperidine rings is 1. The minimum Gasteiger partial charge on any atom is -0.420 e. The number of rotatable bonds is 5. The third-order valence-corrected chi connectivity index (χ3v) is 5.36. The van der Waals surface area contributed by atoms with Crippen LogP contribution in [0, 0.1) is 35.7 Å². The van der Waals surface area contributed by atoms with E-state index in [1.165, 1.54) is 6.92 Å². The van der Waals surface area contributed by atoms with Crippen LogP contribution in [0.2, 0.25) is 0 Å². The quantitative estimate of drug-likeness (QED) is 0.407. The third-order valence-electron chi connectivity index (χ3n) is 5.36. The van der Waals surface area contributed by atoms with Crippen molar-refractivity contribution < 1.29 is 27.5 Å². The molecule has 0 radical (unpaired) electrons. The highest BCUT2D eigenvalue weighted by Gasteiger charge is 2.30. The molecule has 7 heteroatoms. The van der Waals surface area contributed by atoms with Crippen molar-refractivity contribution >= 4 is 11.9 Å². The molecular formula is C21H28F3NO3. The van der Waals surface area contributed by atoms with Gasteiger partial charge in [-0.05, 0) is 49.1 Å². The van der Waals surface area contributed by atoms with Crippen molar-refractivity contribution in [3.63, 3.8) is 0 Å². The van der Waals surface area contributed by atoms with Crippen molar-refractivity contribution in [2.45, 2.75) is 59.8 Å². The van der Waals surface area contributed by atoms with Crippen molar-refractivity contribution in [3.05, 3.63) is 29.1 Å². The van der Waals surface area contributed by atoms with Gasteiger partial charge in [-0.25, -0.2) is 8.78 Å². The second-order valence-corrected chi connectivity index (χ2v) is 8.48. The van der Waals surface area contributed by atoms with Gasteiger partial charge in [-0.3, -0.25) is 9.59 Å². The molecule has 1 saturated heterocycles. The van der Waals surface area contributed by atoms with E-state index in [9.17, 15) is 22.8 Å². The number of carbonyl (C=O) groups excluding carboxylic acids is 2. The summed E-state index contributed by atoms with van der Waals surface area (Å²) in [7, 11) is 0. The van der Waals surface area contributed by atoms with Gasteiger partial charge in [-0.2, -0.15) is 4.39 Å². The summed E-state index contributed by atoms with van der Waals surface area (Å²) in [6, 6.07) is 0.698. The number of ether oxygens (including phenoxy) is 1. The number of hydrogen-bond donors (Lipinski definition) is 0. The lowest BCUT2D eigenvalue weighted by Crippen LogP contribution is -2.41. The van der Waals surface area contributed by atoms with E-state index in [1.54, 1.807) is 4.90 Å². The number of amides is 1. The molecule has 0 N–H and O–H groups in total. The van der Waals surface area contributed by atoms with Crippen LogP contribution in [0.15, 0.2) is 6.07 Å². The summed E-state index contributed by atoms with van der Waals surface area (Å²) in [5.41, 5.74) is 0.0640. The Labute approximate surface area is 164 Å². The standard InChI is InChI=1S/C21H28F3NO3/c1-13-12-15(22)19(24)20(18(13)23)28-17(27)7-5-6-16(26)25-10-8-14(9-11-25)21(2,3)4/h12,14H,5-11H2,1-4H3. The monoisotopic (exact) mass is 399 g/mol. The van der Waals surface area contributed by atoms with Crippen LogP contribution in [0.25, 0.3) is 0 Å². The summed E-state index contributed by atoms with van der Waals surface area (Å²) in [5.74, 6) is -5.32. The van der Waals surface area contributed by atoms with E-state index in [0.29, 0.717) is 25.1 Å². The first-order valence-corrected chi connectivity index (χ1v) is 9.63. The predicted octanol–water partition coefficient (Wildman–Crippen LogP) is 4.77. The van der Waals surface area contributed by atoms with Crippen molar-refractivity contribution in [1.82, 2.24) is 4.90 Å². The van der Waals surface area contributed by atoms with Crippen LogP contribution < -0.4 is 4.74 Å². The Morgan fingerprint density at radius 2 is 1.71 bits per heavy atom. The van der Waals surface area contributed by atoms with Gasteiger partial charge in [0.15, 0.2) is 11.6 Å². The molecule has 1 fully saturated rings. The first-order valence-electron chi connectivity index (χ1n) is 9.63. The molecule has 1 aliphatic heterocycles. The molecule has 156 valence electrons. The van der Waals surface area contributed by atoms with Gasteiger partial charge in [0.1, 0.15) is 0 Å². The molecule has 0 atom stereocenters. The molecule has 1 heterocycles. The molecule has 1 aliphatic rings. The summed E-state index contributed by atoms with van der Waals surface area (Å²) in [5, 5.41) is 0. The molecule has 0 spiro atoms. The van der Waals surface area contributed by atoms with Crippen LogP contribution in [0.3, 0.4) is 0 Å². The van der Waals surface area contributed by atoms with Gasteiger partial charge in [-0.15, -0.1) is 0 Å². The number of hydrogen-bond acceptors (Lipinski definition) is 3. The summed E-state index contributed by atoms with van der Waals surface area (Å²) >= 11 is 0. The summed E-state index contributed by atoms with van der Waals surface area (Å²) in [6.07, 6.45) is 2.08. The molecule has 28 heavy (non-hydrogen) atoms. The molecule has 0 saturated carbocycles. The van der Waals surface area contributed by atoms with Gasteiger partial charge < -0.3 is 9.64 Å². The van der Waals surface area contributed by atoms with Crippen molar-refractivity contribution in [2.75, 3.05) is 13.1 Å². The number of likely N-dealkylation sites (tertiary alicyclic amines) is 1. The van der Waals surface area contributed by atoms with E-state index in [2.05, 4.69) is 25.5 Å². The van der Waals surface area contributed by atoms with Gasteiger partial charge in [0, 0.05) is 25.9 Å². The Kier molecular flexibility index (Phi) is 7.12. The fraction of sp³-hybridized carbons (Fsp3) is 0.619. The van der Waals surface area contributed by atoms with E-state index >= 15 is 0 Å². The Morgan fingerprint density at radius 1 is 1.11 bits per heavy atom. The van der Waals surface area contributed by atoms with Crippen LogP contribution >= 0.6 is 0 Å². The molecule has 2 rings (SSSR count). The van der Waals surface area contributed by atoms with Crippen molar-refractivity contribution in [1.29, 1.82) is 0 Å².